The molecular weight excluding hydrogens is 607 g/mol. The van der Waals surface area contributed by atoms with Crippen LogP contribution < -0.4 is 10.2 Å². The fraction of sp³-hybridized carbons (Fsp3) is 0.179. The molecule has 0 radical (unpaired) electrons. The van der Waals surface area contributed by atoms with Gasteiger partial charge >= 0.3 is 6.18 Å². The van der Waals surface area contributed by atoms with Gasteiger partial charge in [0.25, 0.3) is 17.5 Å². The Bertz CT molecular complexity index is 1670. The Morgan fingerprint density at radius 2 is 1.83 bits per heavy atom. The minimum atomic E-state index is -4.67. The molecule has 2 heterocycles. The van der Waals surface area contributed by atoms with E-state index in [0.29, 0.717) is 28.7 Å². The van der Waals surface area contributed by atoms with Crippen LogP contribution in [0.15, 0.2) is 83.5 Å². The SMILES string of the molecule is CCN1C(=O)[C@@H](NC(=O)c2cccc(C(F)(F)F)c2)[C@H](c2cccc([N+](=O)[O-])c2)c2cnn(-c3cccc(Br)c3)c21. The van der Waals surface area contributed by atoms with Gasteiger partial charge in [0.1, 0.15) is 11.9 Å². The lowest BCUT2D eigenvalue weighted by Gasteiger charge is -2.38. The van der Waals surface area contributed by atoms with Crippen LogP contribution in [0, 0.1) is 10.1 Å². The number of benzene rings is 3. The predicted molar refractivity (Wildman–Crippen MR) is 147 cm³/mol. The standard InChI is InChI=1S/C28H21BrF3N5O4/c1-2-35-26-22(15-33-36(26)20-10-5-9-19(29)14-20)23(16-6-4-11-21(13-16)37(40)41)24(27(35)39)34-25(38)17-7-3-8-18(12-17)28(30,31)32/h3-15,23-24H,2H2,1H3,(H,34,38)/t23-,24+/m1/s1. The highest BCUT2D eigenvalue weighted by molar-refractivity contribution is 9.10. The molecule has 1 N–H and O–H groups in total. The van der Waals surface area contributed by atoms with Gasteiger partial charge in [-0.05, 0) is 48.9 Å². The fourth-order valence-corrected chi connectivity index (χ4v) is 5.34. The quantitative estimate of drug-likeness (QED) is 0.213. The molecule has 0 aliphatic carbocycles. The number of amides is 2. The molecule has 5 rings (SSSR count). The van der Waals surface area contributed by atoms with Crippen molar-refractivity contribution in [2.24, 2.45) is 0 Å². The van der Waals surface area contributed by atoms with Gasteiger partial charge in [-0.3, -0.25) is 24.6 Å². The second-order valence-electron chi connectivity index (χ2n) is 9.26. The number of halogens is 4. The van der Waals surface area contributed by atoms with Crippen molar-refractivity contribution in [3.8, 4) is 5.69 Å². The molecular formula is C28H21BrF3N5O4. The number of rotatable bonds is 6. The van der Waals surface area contributed by atoms with Crippen LogP contribution in [0.4, 0.5) is 24.7 Å². The Kier molecular flexibility index (Phi) is 7.39. The number of non-ortho nitro benzene ring substituents is 1. The van der Waals surface area contributed by atoms with Crippen LogP contribution in [0.3, 0.4) is 0 Å². The van der Waals surface area contributed by atoms with Crippen molar-refractivity contribution < 1.29 is 27.7 Å². The third kappa shape index (κ3) is 5.32. The van der Waals surface area contributed by atoms with E-state index in [1.807, 2.05) is 6.07 Å². The molecule has 1 aliphatic heterocycles. The van der Waals surface area contributed by atoms with Gasteiger partial charge < -0.3 is 5.32 Å². The number of fused-ring (bicyclic) bond motifs is 1. The van der Waals surface area contributed by atoms with E-state index in [0.717, 1.165) is 16.6 Å². The molecule has 0 unspecified atom stereocenters. The highest BCUT2D eigenvalue weighted by atomic mass is 79.9. The van der Waals surface area contributed by atoms with Crippen molar-refractivity contribution in [1.29, 1.82) is 0 Å². The molecule has 210 valence electrons. The summed E-state index contributed by atoms with van der Waals surface area (Å²) in [6.45, 7) is 1.92. The molecule has 0 spiro atoms. The lowest BCUT2D eigenvalue weighted by molar-refractivity contribution is -0.384. The summed E-state index contributed by atoms with van der Waals surface area (Å²) in [5.41, 5.74) is -0.0333. The predicted octanol–water partition coefficient (Wildman–Crippen LogP) is 5.86. The molecule has 41 heavy (non-hydrogen) atoms. The van der Waals surface area contributed by atoms with Gasteiger partial charge in [-0.15, -0.1) is 0 Å². The minimum absolute atomic E-state index is 0.184. The number of alkyl halides is 3. The monoisotopic (exact) mass is 627 g/mol. The summed E-state index contributed by atoms with van der Waals surface area (Å²) in [6.07, 6.45) is -3.14. The lowest BCUT2D eigenvalue weighted by Crippen LogP contribution is -2.55. The van der Waals surface area contributed by atoms with Crippen LogP contribution in [-0.4, -0.2) is 39.1 Å². The summed E-state index contributed by atoms with van der Waals surface area (Å²) in [4.78, 5) is 39.7. The molecule has 13 heteroatoms. The minimum Gasteiger partial charge on any atom is -0.339 e. The first-order chi connectivity index (χ1) is 19.5. The Labute approximate surface area is 239 Å². The summed E-state index contributed by atoms with van der Waals surface area (Å²) >= 11 is 3.43. The van der Waals surface area contributed by atoms with E-state index < -0.39 is 40.4 Å². The van der Waals surface area contributed by atoms with Crippen LogP contribution in [0.5, 0.6) is 0 Å². The van der Waals surface area contributed by atoms with Crippen LogP contribution in [0.1, 0.15) is 39.9 Å². The zero-order chi connectivity index (χ0) is 29.5. The number of carbonyl (C=O) groups excluding carboxylic acids is 2. The lowest BCUT2D eigenvalue weighted by atomic mass is 9.82. The summed E-state index contributed by atoms with van der Waals surface area (Å²) in [5.74, 6) is -1.97. The van der Waals surface area contributed by atoms with Crippen LogP contribution >= 0.6 is 15.9 Å². The number of nitrogens with one attached hydrogen (secondary N) is 1. The first-order valence-electron chi connectivity index (χ1n) is 12.4. The summed E-state index contributed by atoms with van der Waals surface area (Å²) in [5, 5.41) is 18.7. The van der Waals surface area contributed by atoms with Gasteiger partial charge in [0.05, 0.1) is 22.4 Å². The molecule has 1 aromatic heterocycles. The molecule has 4 aromatic rings. The van der Waals surface area contributed by atoms with Crippen LogP contribution in [0.25, 0.3) is 5.69 Å². The smallest absolute Gasteiger partial charge is 0.339 e. The van der Waals surface area contributed by atoms with E-state index >= 15 is 0 Å². The van der Waals surface area contributed by atoms with E-state index in [9.17, 15) is 32.9 Å². The van der Waals surface area contributed by atoms with Gasteiger partial charge in [0.15, 0.2) is 0 Å². The Hall–Kier alpha value is -4.52. The zero-order valence-electron chi connectivity index (χ0n) is 21.3. The van der Waals surface area contributed by atoms with Gasteiger partial charge in [-0.1, -0.05) is 40.2 Å². The van der Waals surface area contributed by atoms with Gasteiger partial charge in [-0.2, -0.15) is 18.3 Å². The highest BCUT2D eigenvalue weighted by Crippen LogP contribution is 2.42. The van der Waals surface area contributed by atoms with E-state index in [4.69, 9.17) is 0 Å². The average molecular weight is 628 g/mol. The van der Waals surface area contributed by atoms with Crippen molar-refractivity contribution in [3.05, 3.63) is 116 Å². The number of likely N-dealkylation sites (N-methyl/N-ethyl adjacent to an activating group) is 1. The Morgan fingerprint density at radius 1 is 1.10 bits per heavy atom. The summed E-state index contributed by atoms with van der Waals surface area (Å²) < 4.78 is 42.3. The van der Waals surface area contributed by atoms with Gasteiger partial charge in [-0.25, -0.2) is 4.68 Å². The first kappa shape index (κ1) is 28.0. The summed E-state index contributed by atoms with van der Waals surface area (Å²) in [6, 6.07) is 15.5. The highest BCUT2D eigenvalue weighted by Gasteiger charge is 2.44. The topological polar surface area (TPSA) is 110 Å². The van der Waals surface area contributed by atoms with E-state index in [-0.39, 0.29) is 17.8 Å². The maximum Gasteiger partial charge on any atom is 0.416 e. The molecule has 2 atom stereocenters. The molecule has 0 saturated carbocycles. The fourth-order valence-electron chi connectivity index (χ4n) is 4.95. The number of anilines is 1. The Morgan fingerprint density at radius 3 is 2.51 bits per heavy atom. The van der Waals surface area contributed by atoms with Crippen LogP contribution in [0.2, 0.25) is 0 Å². The van der Waals surface area contributed by atoms with E-state index in [1.165, 1.54) is 35.4 Å². The largest absolute Gasteiger partial charge is 0.416 e. The third-order valence-corrected chi connectivity index (χ3v) is 7.27. The maximum atomic E-state index is 14.0. The number of hydrogen-bond donors (Lipinski definition) is 1. The molecule has 9 nitrogen and oxygen atoms in total. The van der Waals surface area contributed by atoms with E-state index in [2.05, 4.69) is 26.3 Å². The van der Waals surface area contributed by atoms with Gasteiger partial charge in [0, 0.05) is 40.2 Å². The Balaban J connectivity index is 1.65. The number of nitro benzene ring substituents is 1. The second-order valence-corrected chi connectivity index (χ2v) is 10.2. The number of nitro groups is 1. The second kappa shape index (κ2) is 10.8. The normalized spacial score (nSPS) is 16.8. The molecule has 1 aliphatic rings. The molecule has 0 fully saturated rings. The first-order valence-corrected chi connectivity index (χ1v) is 13.2. The average Bonchev–Trinajstić information content (AvgIpc) is 3.37. The number of hydrogen-bond acceptors (Lipinski definition) is 5. The number of carbonyl (C=O) groups is 2. The molecule has 0 bridgehead atoms. The van der Waals surface area contributed by atoms with Crippen molar-refractivity contribution in [1.82, 2.24) is 15.1 Å². The maximum absolute atomic E-state index is 14.0. The third-order valence-electron chi connectivity index (χ3n) is 6.78. The van der Waals surface area contributed by atoms with Crippen LogP contribution in [-0.2, 0) is 11.0 Å². The van der Waals surface area contributed by atoms with E-state index in [1.54, 1.807) is 35.9 Å². The molecule has 2 amide bonds. The van der Waals surface area contributed by atoms with Crippen molar-refractivity contribution in [2.75, 3.05) is 11.4 Å². The molecule has 0 saturated heterocycles. The van der Waals surface area contributed by atoms with Crippen molar-refractivity contribution in [2.45, 2.75) is 25.1 Å². The number of aromatic nitrogens is 2. The van der Waals surface area contributed by atoms with Crippen molar-refractivity contribution >= 4 is 39.2 Å². The number of nitrogens with zero attached hydrogens (tertiary/aromatic N) is 4. The summed E-state index contributed by atoms with van der Waals surface area (Å²) in [7, 11) is 0. The zero-order valence-corrected chi connectivity index (χ0v) is 22.9. The van der Waals surface area contributed by atoms with Gasteiger partial charge in [0.2, 0.25) is 0 Å². The molecule has 3 aromatic carbocycles. The van der Waals surface area contributed by atoms with Crippen molar-refractivity contribution in [3.63, 3.8) is 0 Å².